The van der Waals surface area contributed by atoms with Gasteiger partial charge in [0.1, 0.15) is 6.33 Å². The number of ether oxygens (including phenoxy) is 1. The van der Waals surface area contributed by atoms with Crippen LogP contribution in [0.5, 0.6) is 6.01 Å². The van der Waals surface area contributed by atoms with Crippen molar-refractivity contribution in [2.24, 2.45) is 7.05 Å². The van der Waals surface area contributed by atoms with Crippen LogP contribution >= 0.6 is 0 Å². The Morgan fingerprint density at radius 1 is 1.14 bits per heavy atom. The number of nitrogens with zero attached hydrogens (tertiary/aromatic N) is 6. The normalized spacial score (nSPS) is 10.4. The first kappa shape index (κ1) is 14.9. The van der Waals surface area contributed by atoms with Crippen LogP contribution in [0.1, 0.15) is 26.1 Å². The van der Waals surface area contributed by atoms with Crippen LogP contribution in [-0.4, -0.2) is 42.9 Å². The highest BCUT2D eigenvalue weighted by Gasteiger charge is 2.08. The van der Waals surface area contributed by atoms with Crippen molar-refractivity contribution in [3.8, 4) is 6.01 Å². The zero-order chi connectivity index (χ0) is 15.1. The van der Waals surface area contributed by atoms with Gasteiger partial charge in [0.15, 0.2) is 5.82 Å². The van der Waals surface area contributed by atoms with E-state index in [-0.39, 0.29) is 0 Å². The van der Waals surface area contributed by atoms with E-state index in [2.05, 4.69) is 35.8 Å². The third kappa shape index (κ3) is 4.26. The molecule has 0 aliphatic carbocycles. The molecule has 0 unspecified atom stereocenters. The molecule has 0 aliphatic heterocycles. The van der Waals surface area contributed by atoms with Gasteiger partial charge in [0.2, 0.25) is 11.9 Å². The third-order valence-corrected chi connectivity index (χ3v) is 2.59. The summed E-state index contributed by atoms with van der Waals surface area (Å²) in [4.78, 5) is 12.7. The molecule has 0 aliphatic rings. The number of rotatable bonds is 8. The number of aromatic nitrogens is 6. The van der Waals surface area contributed by atoms with E-state index in [4.69, 9.17) is 4.74 Å². The highest BCUT2D eigenvalue weighted by Crippen LogP contribution is 2.12. The summed E-state index contributed by atoms with van der Waals surface area (Å²) in [5.41, 5.74) is 0. The van der Waals surface area contributed by atoms with Crippen molar-refractivity contribution in [1.82, 2.24) is 29.7 Å². The van der Waals surface area contributed by atoms with E-state index in [1.807, 2.05) is 25.5 Å². The van der Waals surface area contributed by atoms with Crippen LogP contribution in [-0.2, 0) is 13.6 Å². The molecule has 0 aromatic carbocycles. The maximum Gasteiger partial charge on any atom is 0.323 e. The molecule has 0 spiro atoms. The standard InChI is InChI=1S/C12H20N8O/c1-4-6-21-12-17-10(13-5-2)16-11(18-12)14-7-9-19-15-8-20(9)3/h8H,4-7H2,1-3H3,(H2,13,14,16,17,18). The first-order valence-electron chi connectivity index (χ1n) is 6.92. The molecular weight excluding hydrogens is 272 g/mol. The summed E-state index contributed by atoms with van der Waals surface area (Å²) < 4.78 is 7.30. The van der Waals surface area contributed by atoms with Gasteiger partial charge in [0.05, 0.1) is 13.2 Å². The Bertz CT molecular complexity index is 570. The predicted molar refractivity (Wildman–Crippen MR) is 78.1 cm³/mol. The summed E-state index contributed by atoms with van der Waals surface area (Å²) in [7, 11) is 1.88. The van der Waals surface area contributed by atoms with Gasteiger partial charge >= 0.3 is 6.01 Å². The average Bonchev–Trinajstić information content (AvgIpc) is 2.88. The van der Waals surface area contributed by atoms with E-state index in [0.29, 0.717) is 31.1 Å². The van der Waals surface area contributed by atoms with Crippen molar-refractivity contribution in [3.05, 3.63) is 12.2 Å². The van der Waals surface area contributed by atoms with Crippen molar-refractivity contribution < 1.29 is 4.74 Å². The van der Waals surface area contributed by atoms with Crippen molar-refractivity contribution in [3.63, 3.8) is 0 Å². The molecule has 114 valence electrons. The molecule has 2 rings (SSSR count). The minimum atomic E-state index is 0.309. The molecule has 2 aromatic heterocycles. The first-order valence-corrected chi connectivity index (χ1v) is 6.92. The molecule has 0 radical (unpaired) electrons. The van der Waals surface area contributed by atoms with Gasteiger partial charge in [-0.2, -0.15) is 15.0 Å². The molecule has 9 heteroatoms. The van der Waals surface area contributed by atoms with Gasteiger partial charge in [-0.15, -0.1) is 10.2 Å². The van der Waals surface area contributed by atoms with Gasteiger partial charge in [0.25, 0.3) is 0 Å². The Labute approximate surface area is 123 Å². The highest BCUT2D eigenvalue weighted by molar-refractivity contribution is 5.35. The molecule has 0 bridgehead atoms. The summed E-state index contributed by atoms with van der Waals surface area (Å²) in [5, 5.41) is 14.0. The fourth-order valence-corrected chi connectivity index (χ4v) is 1.56. The predicted octanol–water partition coefficient (Wildman–Crippen LogP) is 0.833. The van der Waals surface area contributed by atoms with Crippen LogP contribution in [0.2, 0.25) is 0 Å². The van der Waals surface area contributed by atoms with E-state index in [0.717, 1.165) is 18.8 Å². The minimum Gasteiger partial charge on any atom is -0.463 e. The second-order valence-electron chi connectivity index (χ2n) is 4.36. The Kier molecular flexibility index (Phi) is 5.24. The van der Waals surface area contributed by atoms with E-state index >= 15 is 0 Å². The SMILES string of the molecule is CCCOc1nc(NCC)nc(NCc2nncn2C)n1. The topological polar surface area (TPSA) is 103 Å². The lowest BCUT2D eigenvalue weighted by atomic mass is 10.5. The molecule has 2 heterocycles. The quantitative estimate of drug-likeness (QED) is 0.737. The highest BCUT2D eigenvalue weighted by atomic mass is 16.5. The fraction of sp³-hybridized carbons (Fsp3) is 0.583. The van der Waals surface area contributed by atoms with Gasteiger partial charge in [-0.25, -0.2) is 0 Å². The zero-order valence-electron chi connectivity index (χ0n) is 12.5. The number of aryl methyl sites for hydroxylation is 1. The number of nitrogens with one attached hydrogen (secondary N) is 2. The summed E-state index contributed by atoms with van der Waals surface area (Å²) >= 11 is 0. The molecule has 2 aromatic rings. The van der Waals surface area contributed by atoms with Crippen molar-refractivity contribution in [2.75, 3.05) is 23.8 Å². The molecule has 0 fully saturated rings. The Hall–Kier alpha value is -2.45. The average molecular weight is 292 g/mol. The smallest absolute Gasteiger partial charge is 0.323 e. The van der Waals surface area contributed by atoms with Crippen molar-refractivity contribution >= 4 is 11.9 Å². The maximum atomic E-state index is 5.47. The second kappa shape index (κ2) is 7.36. The van der Waals surface area contributed by atoms with Gasteiger partial charge in [-0.3, -0.25) is 0 Å². The summed E-state index contributed by atoms with van der Waals surface area (Å²) in [6.07, 6.45) is 2.54. The van der Waals surface area contributed by atoms with Crippen LogP contribution in [0.3, 0.4) is 0 Å². The largest absolute Gasteiger partial charge is 0.463 e. The van der Waals surface area contributed by atoms with Crippen LogP contribution in [0.25, 0.3) is 0 Å². The number of hydrogen-bond acceptors (Lipinski definition) is 8. The van der Waals surface area contributed by atoms with E-state index in [9.17, 15) is 0 Å². The molecule has 0 saturated carbocycles. The number of anilines is 2. The lowest BCUT2D eigenvalue weighted by Crippen LogP contribution is -2.12. The van der Waals surface area contributed by atoms with Gasteiger partial charge in [-0.05, 0) is 13.3 Å². The fourth-order valence-electron chi connectivity index (χ4n) is 1.56. The molecule has 9 nitrogen and oxygen atoms in total. The van der Waals surface area contributed by atoms with E-state index in [1.165, 1.54) is 0 Å². The number of hydrogen-bond donors (Lipinski definition) is 2. The summed E-state index contributed by atoms with van der Waals surface area (Å²) in [5.74, 6) is 1.71. The Morgan fingerprint density at radius 2 is 1.90 bits per heavy atom. The molecule has 0 atom stereocenters. The van der Waals surface area contributed by atoms with Crippen LogP contribution in [0.15, 0.2) is 6.33 Å². The molecule has 2 N–H and O–H groups in total. The molecular formula is C12H20N8O. The van der Waals surface area contributed by atoms with Crippen molar-refractivity contribution in [2.45, 2.75) is 26.8 Å². The van der Waals surface area contributed by atoms with Crippen LogP contribution < -0.4 is 15.4 Å². The van der Waals surface area contributed by atoms with Gasteiger partial charge in [0, 0.05) is 13.6 Å². The lowest BCUT2D eigenvalue weighted by Gasteiger charge is -2.09. The molecule has 21 heavy (non-hydrogen) atoms. The van der Waals surface area contributed by atoms with Gasteiger partial charge in [-0.1, -0.05) is 6.92 Å². The maximum absolute atomic E-state index is 5.47. The van der Waals surface area contributed by atoms with Crippen molar-refractivity contribution in [1.29, 1.82) is 0 Å². The molecule has 0 saturated heterocycles. The van der Waals surface area contributed by atoms with E-state index < -0.39 is 0 Å². The molecule has 0 amide bonds. The van der Waals surface area contributed by atoms with Crippen LogP contribution in [0.4, 0.5) is 11.9 Å². The zero-order valence-corrected chi connectivity index (χ0v) is 12.5. The third-order valence-electron chi connectivity index (χ3n) is 2.59. The second-order valence-corrected chi connectivity index (χ2v) is 4.36. The Morgan fingerprint density at radius 3 is 2.52 bits per heavy atom. The van der Waals surface area contributed by atoms with Gasteiger partial charge < -0.3 is 19.9 Å². The minimum absolute atomic E-state index is 0.309. The van der Waals surface area contributed by atoms with Crippen LogP contribution in [0, 0.1) is 0 Å². The van der Waals surface area contributed by atoms with E-state index in [1.54, 1.807) is 6.33 Å². The monoisotopic (exact) mass is 292 g/mol. The lowest BCUT2D eigenvalue weighted by molar-refractivity contribution is 0.292. The summed E-state index contributed by atoms with van der Waals surface area (Å²) in [6.45, 7) is 5.76. The Balaban J connectivity index is 2.09. The summed E-state index contributed by atoms with van der Waals surface area (Å²) in [6, 6.07) is 0.309. The first-order chi connectivity index (χ1) is 10.2.